The Morgan fingerprint density at radius 1 is 1.20 bits per heavy atom. The highest BCUT2D eigenvalue weighted by Crippen LogP contribution is 2.15. The zero-order valence-electron chi connectivity index (χ0n) is 12.0. The molecular weight excluding hydrogens is 244 g/mol. The van der Waals surface area contributed by atoms with Crippen LogP contribution in [0.25, 0.3) is 0 Å². The summed E-state index contributed by atoms with van der Waals surface area (Å²) >= 11 is 0. The van der Waals surface area contributed by atoms with Crippen molar-refractivity contribution in [1.82, 2.24) is 0 Å². The number of hydrogen-bond acceptors (Lipinski definition) is 1. The lowest BCUT2D eigenvalue weighted by molar-refractivity contribution is 0.119. The van der Waals surface area contributed by atoms with Crippen molar-refractivity contribution in [3.63, 3.8) is 0 Å². The van der Waals surface area contributed by atoms with Crippen LogP contribution in [0.5, 0.6) is 0 Å². The van der Waals surface area contributed by atoms with E-state index in [-0.39, 0.29) is 0 Å². The van der Waals surface area contributed by atoms with E-state index in [1.54, 1.807) is 0 Å². The Balaban J connectivity index is 1.51. The summed E-state index contributed by atoms with van der Waals surface area (Å²) in [6.07, 6.45) is 12.1. The van der Waals surface area contributed by atoms with Crippen LogP contribution in [0.3, 0.4) is 0 Å². The summed E-state index contributed by atoms with van der Waals surface area (Å²) in [5.41, 5.74) is 2.54. The molecule has 0 unspecified atom stereocenters. The van der Waals surface area contributed by atoms with E-state index >= 15 is 0 Å². The van der Waals surface area contributed by atoms with Gasteiger partial charge in [-0.1, -0.05) is 54.3 Å². The highest BCUT2D eigenvalue weighted by Gasteiger charge is 1.98. The van der Waals surface area contributed by atoms with Gasteiger partial charge in [0.2, 0.25) is 0 Å². The van der Waals surface area contributed by atoms with E-state index in [1.165, 1.54) is 24.0 Å². The van der Waals surface area contributed by atoms with Crippen molar-refractivity contribution >= 4 is 0 Å². The second-order valence-electron chi connectivity index (χ2n) is 4.97. The Morgan fingerprint density at radius 2 is 2.10 bits per heavy atom. The Kier molecular flexibility index (Phi) is 6.71. The topological polar surface area (TPSA) is 9.23 Å². The fourth-order valence-corrected chi connectivity index (χ4v) is 2.13. The van der Waals surface area contributed by atoms with Crippen LogP contribution in [0.4, 0.5) is 0 Å². The fraction of sp³-hybridized carbons (Fsp3) is 0.368. The third-order valence-electron chi connectivity index (χ3n) is 3.25. The molecule has 1 aromatic carbocycles. The number of rotatable bonds is 6. The van der Waals surface area contributed by atoms with Crippen molar-refractivity contribution in [2.24, 2.45) is 0 Å². The number of hydrogen-bond donors (Lipinski definition) is 0. The lowest BCUT2D eigenvalue weighted by Crippen LogP contribution is -1.94. The van der Waals surface area contributed by atoms with Gasteiger partial charge in [-0.25, -0.2) is 0 Å². The molecule has 104 valence electrons. The predicted molar refractivity (Wildman–Crippen MR) is 84.2 cm³/mol. The van der Waals surface area contributed by atoms with Crippen LogP contribution in [-0.4, -0.2) is 6.61 Å². The van der Waals surface area contributed by atoms with Gasteiger partial charge in [-0.05, 0) is 49.3 Å². The monoisotopic (exact) mass is 266 g/mol. The average molecular weight is 266 g/mol. The lowest BCUT2D eigenvalue weighted by atomic mass is 10.2. The van der Waals surface area contributed by atoms with Gasteiger partial charge < -0.3 is 4.74 Å². The third kappa shape index (κ3) is 5.91. The normalized spacial score (nSPS) is 14.1. The molecular formula is C19H22O. The summed E-state index contributed by atoms with van der Waals surface area (Å²) < 4.78 is 5.63. The maximum absolute atomic E-state index is 5.63. The van der Waals surface area contributed by atoms with Gasteiger partial charge in [0.15, 0.2) is 0 Å². The van der Waals surface area contributed by atoms with Gasteiger partial charge in [0.25, 0.3) is 0 Å². The molecule has 20 heavy (non-hydrogen) atoms. The smallest absolute Gasteiger partial charge is 0.0716 e. The standard InChI is InChI=1S/C19H22O/c1(2-5-11-18-12-8-9-13-18)3-10-16-20-17-19-14-6-4-7-15-19/h1-2,4,6-7,12,14-15H,3,8-10,13,16-17H2/b2-1+. The molecule has 0 fully saturated rings. The minimum atomic E-state index is 0.707. The molecule has 0 atom stereocenters. The van der Waals surface area contributed by atoms with E-state index in [9.17, 15) is 0 Å². The lowest BCUT2D eigenvalue weighted by Gasteiger charge is -2.02. The Morgan fingerprint density at radius 3 is 2.90 bits per heavy atom. The summed E-state index contributed by atoms with van der Waals surface area (Å²) in [6.45, 7) is 1.51. The Labute approximate surface area is 122 Å². The van der Waals surface area contributed by atoms with Crippen LogP contribution in [0.1, 0.15) is 37.7 Å². The molecule has 0 aromatic heterocycles. The van der Waals surface area contributed by atoms with Gasteiger partial charge in [0.05, 0.1) is 6.61 Å². The highest BCUT2D eigenvalue weighted by molar-refractivity contribution is 5.34. The fourth-order valence-electron chi connectivity index (χ4n) is 2.13. The first kappa shape index (κ1) is 14.6. The van der Waals surface area contributed by atoms with Gasteiger partial charge in [0.1, 0.15) is 0 Å². The zero-order chi connectivity index (χ0) is 13.9. The SMILES string of the molecule is C(#CC1=CCCC1)/C=C/CCCOCc1ccccc1. The molecule has 0 saturated heterocycles. The molecule has 0 spiro atoms. The van der Waals surface area contributed by atoms with E-state index < -0.39 is 0 Å². The molecule has 0 amide bonds. The van der Waals surface area contributed by atoms with E-state index in [1.807, 2.05) is 24.3 Å². The molecule has 2 rings (SSSR count). The summed E-state index contributed by atoms with van der Waals surface area (Å²) in [5, 5.41) is 0. The third-order valence-corrected chi connectivity index (χ3v) is 3.25. The maximum Gasteiger partial charge on any atom is 0.0716 e. The van der Waals surface area contributed by atoms with E-state index in [0.717, 1.165) is 25.9 Å². The average Bonchev–Trinajstić information content (AvgIpc) is 3.00. The van der Waals surface area contributed by atoms with Gasteiger partial charge in [-0.15, -0.1) is 0 Å². The summed E-state index contributed by atoms with van der Waals surface area (Å²) in [5.74, 6) is 6.30. The largest absolute Gasteiger partial charge is 0.377 e. The minimum absolute atomic E-state index is 0.707. The molecule has 1 aliphatic carbocycles. The Bertz CT molecular complexity index is 500. The molecule has 1 aliphatic rings. The molecule has 0 radical (unpaired) electrons. The van der Waals surface area contributed by atoms with Gasteiger partial charge >= 0.3 is 0 Å². The summed E-state index contributed by atoms with van der Waals surface area (Å²) in [4.78, 5) is 0. The number of unbranched alkanes of at least 4 members (excludes halogenated alkanes) is 1. The van der Waals surface area contributed by atoms with Crippen molar-refractivity contribution in [3.05, 3.63) is 59.7 Å². The first-order valence-corrected chi connectivity index (χ1v) is 7.42. The minimum Gasteiger partial charge on any atom is -0.377 e. The first-order valence-electron chi connectivity index (χ1n) is 7.42. The van der Waals surface area contributed by atoms with Crippen molar-refractivity contribution in [3.8, 4) is 11.8 Å². The molecule has 0 aliphatic heterocycles. The second-order valence-corrected chi connectivity index (χ2v) is 4.97. The van der Waals surface area contributed by atoms with Gasteiger partial charge in [-0.2, -0.15) is 0 Å². The van der Waals surface area contributed by atoms with Crippen LogP contribution in [-0.2, 0) is 11.3 Å². The molecule has 1 aromatic rings. The van der Waals surface area contributed by atoms with E-state index in [2.05, 4.69) is 36.1 Å². The maximum atomic E-state index is 5.63. The number of allylic oxidation sites excluding steroid dienone is 4. The van der Waals surface area contributed by atoms with Crippen LogP contribution in [0, 0.1) is 11.8 Å². The van der Waals surface area contributed by atoms with Crippen molar-refractivity contribution < 1.29 is 4.74 Å². The second kappa shape index (κ2) is 9.18. The molecule has 1 nitrogen and oxygen atoms in total. The molecule has 0 N–H and O–H groups in total. The number of ether oxygens (including phenoxy) is 1. The Hall–Kier alpha value is -1.78. The van der Waals surface area contributed by atoms with E-state index in [4.69, 9.17) is 4.74 Å². The van der Waals surface area contributed by atoms with Gasteiger partial charge in [-0.3, -0.25) is 0 Å². The van der Waals surface area contributed by atoms with Gasteiger partial charge in [0, 0.05) is 6.61 Å². The van der Waals surface area contributed by atoms with Crippen molar-refractivity contribution in [2.45, 2.75) is 38.7 Å². The van der Waals surface area contributed by atoms with Crippen molar-refractivity contribution in [1.29, 1.82) is 0 Å². The quantitative estimate of drug-likeness (QED) is 0.538. The molecule has 0 saturated carbocycles. The zero-order valence-corrected chi connectivity index (χ0v) is 12.0. The van der Waals surface area contributed by atoms with Crippen LogP contribution < -0.4 is 0 Å². The molecule has 1 heteroatoms. The van der Waals surface area contributed by atoms with E-state index in [0.29, 0.717) is 6.61 Å². The van der Waals surface area contributed by atoms with Crippen molar-refractivity contribution in [2.75, 3.05) is 6.61 Å². The number of benzene rings is 1. The summed E-state index contributed by atoms with van der Waals surface area (Å²) in [6, 6.07) is 10.3. The van der Waals surface area contributed by atoms with Crippen LogP contribution >= 0.6 is 0 Å². The highest BCUT2D eigenvalue weighted by atomic mass is 16.5. The summed E-state index contributed by atoms with van der Waals surface area (Å²) in [7, 11) is 0. The molecule has 0 heterocycles. The predicted octanol–water partition coefficient (Wildman–Crippen LogP) is 4.65. The van der Waals surface area contributed by atoms with Crippen LogP contribution in [0.2, 0.25) is 0 Å². The first-order chi connectivity index (χ1) is 9.95. The molecule has 0 bridgehead atoms. The van der Waals surface area contributed by atoms with Crippen LogP contribution in [0.15, 0.2) is 54.1 Å².